The van der Waals surface area contributed by atoms with Crippen molar-refractivity contribution < 1.29 is 49.0 Å². The third-order valence-corrected chi connectivity index (χ3v) is 7.91. The van der Waals surface area contributed by atoms with Crippen LogP contribution < -0.4 is 5.32 Å². The van der Waals surface area contributed by atoms with E-state index in [4.69, 9.17) is 14.2 Å². The smallest absolute Gasteiger partial charge is 0.413 e. The highest BCUT2D eigenvalue weighted by atomic mass is 16.7. The van der Waals surface area contributed by atoms with E-state index in [1.54, 1.807) is 30.1 Å². The molecule has 13 heteroatoms. The maximum Gasteiger partial charge on any atom is 0.413 e. The molecule has 1 heterocycles. The number of hydrogen-bond donors (Lipinski definition) is 5. The third kappa shape index (κ3) is 7.67. The van der Waals surface area contributed by atoms with Gasteiger partial charge in [0.1, 0.15) is 12.4 Å². The van der Waals surface area contributed by atoms with Crippen molar-refractivity contribution >= 4 is 23.8 Å². The van der Waals surface area contributed by atoms with Gasteiger partial charge >= 0.3 is 18.0 Å². The summed E-state index contributed by atoms with van der Waals surface area (Å²) in [7, 11) is 1.72. The Morgan fingerprint density at radius 2 is 1.51 bits per heavy atom. The summed E-state index contributed by atoms with van der Waals surface area (Å²) in [5, 5.41) is 45.3. The van der Waals surface area contributed by atoms with E-state index in [0.29, 0.717) is 29.8 Å². The van der Waals surface area contributed by atoms with Crippen molar-refractivity contribution in [3.8, 4) is 22.3 Å². The summed E-state index contributed by atoms with van der Waals surface area (Å²) >= 11 is 0. The van der Waals surface area contributed by atoms with Gasteiger partial charge in [0.05, 0.1) is 17.7 Å². The van der Waals surface area contributed by atoms with Crippen LogP contribution in [0.2, 0.25) is 0 Å². The molecular formula is C34H35N3O10. The van der Waals surface area contributed by atoms with Gasteiger partial charge in [-0.25, -0.2) is 9.59 Å². The zero-order valence-corrected chi connectivity index (χ0v) is 25.6. The molecule has 0 spiro atoms. The topological polar surface area (TPSA) is 190 Å². The Morgan fingerprint density at radius 3 is 2.06 bits per heavy atom. The van der Waals surface area contributed by atoms with Gasteiger partial charge in [-0.05, 0) is 47.6 Å². The summed E-state index contributed by atoms with van der Waals surface area (Å²) in [6.45, 7) is 1.28. The fraction of sp³-hybridized carbons (Fsp3) is 0.294. The molecule has 1 aliphatic carbocycles. The van der Waals surface area contributed by atoms with E-state index in [1.807, 2.05) is 66.7 Å². The molecule has 1 aliphatic rings. The summed E-state index contributed by atoms with van der Waals surface area (Å²) in [6, 6.07) is 24.3. The first-order valence-corrected chi connectivity index (χ1v) is 14.8. The second-order valence-corrected chi connectivity index (χ2v) is 11.3. The van der Waals surface area contributed by atoms with Crippen LogP contribution in [0.25, 0.3) is 22.3 Å². The maximum atomic E-state index is 13.1. The normalized spacial score (nSPS) is 15.4. The molecule has 3 aromatic carbocycles. The molecule has 1 amide bonds. The predicted molar refractivity (Wildman–Crippen MR) is 168 cm³/mol. The Morgan fingerprint density at radius 1 is 0.915 bits per heavy atom. The Labute approximate surface area is 270 Å². The van der Waals surface area contributed by atoms with E-state index in [2.05, 4.69) is 10.4 Å². The van der Waals surface area contributed by atoms with Gasteiger partial charge in [0.2, 0.25) is 6.29 Å². The Bertz CT molecular complexity index is 1700. The molecular weight excluding hydrogens is 610 g/mol. The lowest BCUT2D eigenvalue weighted by molar-refractivity contribution is -0.269. The minimum absolute atomic E-state index is 0.132. The van der Waals surface area contributed by atoms with Gasteiger partial charge in [-0.1, -0.05) is 78.9 Å². The quantitative estimate of drug-likeness (QED) is 0.106. The molecule has 0 bridgehead atoms. The molecule has 1 saturated carbocycles. The number of carbonyl (C=O) groups is 3. The number of nitrogens with zero attached hydrogens (tertiary/aromatic N) is 2. The average Bonchev–Trinajstić information content (AvgIpc) is 3.80. The minimum Gasteiger partial charge on any atom is -0.479 e. The van der Waals surface area contributed by atoms with Crippen LogP contribution in [0.15, 0.2) is 85.1 Å². The van der Waals surface area contributed by atoms with Gasteiger partial charge in [-0.3, -0.25) is 14.8 Å². The summed E-state index contributed by atoms with van der Waals surface area (Å²) in [5.74, 6) is -1.87. The van der Waals surface area contributed by atoms with Gasteiger partial charge in [0.25, 0.3) is 6.29 Å². The fourth-order valence-corrected chi connectivity index (χ4v) is 5.11. The largest absolute Gasteiger partial charge is 0.479 e. The van der Waals surface area contributed by atoms with Crippen molar-refractivity contribution in [2.24, 2.45) is 7.05 Å². The number of rotatable bonds is 13. The minimum atomic E-state index is -2.33. The van der Waals surface area contributed by atoms with Crippen LogP contribution in [-0.2, 0) is 42.9 Å². The number of esters is 1. The molecule has 13 nitrogen and oxygen atoms in total. The predicted octanol–water partition coefficient (Wildman–Crippen LogP) is 3.57. The van der Waals surface area contributed by atoms with Crippen molar-refractivity contribution in [2.75, 3.05) is 5.32 Å². The molecule has 1 fully saturated rings. The van der Waals surface area contributed by atoms with E-state index in [1.165, 1.54) is 0 Å². The number of aliphatic hydroxyl groups excluding tert-OH is 2. The Kier molecular flexibility index (Phi) is 10.0. The molecule has 5 rings (SSSR count). The number of anilines is 1. The molecule has 0 saturated heterocycles. The van der Waals surface area contributed by atoms with Crippen LogP contribution in [0.3, 0.4) is 0 Å². The SMILES string of the molecule is CC(O)C(OC(OC(=O)C1(c2ccc(-c3ccc(-c4cnn(C)c4NC(=O)OCc4ccccc4)cc3)cc2)CC1)C(O)O)C(=O)O. The number of aliphatic carboxylic acids is 1. The molecule has 3 unspecified atom stereocenters. The molecule has 0 radical (unpaired) electrons. The lowest BCUT2D eigenvalue weighted by atomic mass is 9.93. The molecule has 0 aliphatic heterocycles. The average molecular weight is 646 g/mol. The summed E-state index contributed by atoms with van der Waals surface area (Å²) < 4.78 is 17.1. The van der Waals surface area contributed by atoms with E-state index in [0.717, 1.165) is 29.2 Å². The fourth-order valence-electron chi connectivity index (χ4n) is 5.11. The highest BCUT2D eigenvalue weighted by Gasteiger charge is 2.54. The summed E-state index contributed by atoms with van der Waals surface area (Å²) in [5.41, 5.74) is 3.75. The number of carboxylic acids is 1. The zero-order valence-electron chi connectivity index (χ0n) is 25.6. The summed E-state index contributed by atoms with van der Waals surface area (Å²) in [4.78, 5) is 37.0. The molecule has 47 heavy (non-hydrogen) atoms. The number of hydrogen-bond acceptors (Lipinski definition) is 10. The number of benzene rings is 3. The summed E-state index contributed by atoms with van der Waals surface area (Å²) in [6.07, 6.45) is -5.74. The number of ether oxygens (including phenoxy) is 3. The number of carbonyl (C=O) groups excluding carboxylic acids is 2. The van der Waals surface area contributed by atoms with E-state index in [9.17, 15) is 34.8 Å². The monoisotopic (exact) mass is 645 g/mol. The van der Waals surface area contributed by atoms with Crippen molar-refractivity contribution in [2.45, 2.75) is 56.6 Å². The van der Waals surface area contributed by atoms with Gasteiger partial charge < -0.3 is 34.6 Å². The van der Waals surface area contributed by atoms with E-state index >= 15 is 0 Å². The molecule has 246 valence electrons. The number of nitrogens with one attached hydrogen (secondary N) is 1. The number of aromatic nitrogens is 2. The number of carboxylic acid groups (broad SMARTS) is 1. The molecule has 5 N–H and O–H groups in total. The lowest BCUT2D eigenvalue weighted by Gasteiger charge is -2.26. The van der Waals surface area contributed by atoms with Gasteiger partial charge in [-0.15, -0.1) is 0 Å². The first-order chi connectivity index (χ1) is 22.5. The maximum absolute atomic E-state index is 13.1. The van der Waals surface area contributed by atoms with Crippen molar-refractivity contribution in [1.29, 1.82) is 0 Å². The highest BCUT2D eigenvalue weighted by Crippen LogP contribution is 2.50. The van der Waals surface area contributed by atoms with Crippen LogP contribution >= 0.6 is 0 Å². The van der Waals surface area contributed by atoms with Crippen LogP contribution in [-0.4, -0.2) is 73.0 Å². The van der Waals surface area contributed by atoms with Crippen LogP contribution in [0.4, 0.5) is 10.6 Å². The first kappa shape index (κ1) is 33.3. The van der Waals surface area contributed by atoms with Crippen molar-refractivity contribution in [3.63, 3.8) is 0 Å². The van der Waals surface area contributed by atoms with E-state index in [-0.39, 0.29) is 6.61 Å². The standard InChI is InChI=1S/C34H35N3O10/c1-20(38)27(29(39)40)46-31(30(41)42)47-32(43)34(16-17-34)25-14-12-23(13-15-25)22-8-10-24(11-9-22)26-18-35-37(2)28(26)36-33(44)45-19-21-6-4-3-5-7-21/h3-15,18,20,27,30-31,38,41-42H,16-17,19H2,1-2H3,(H,36,44)(H,39,40). The third-order valence-electron chi connectivity index (χ3n) is 7.91. The van der Waals surface area contributed by atoms with Gasteiger partial charge in [0.15, 0.2) is 6.10 Å². The second kappa shape index (κ2) is 14.1. The van der Waals surface area contributed by atoms with Crippen LogP contribution in [0.5, 0.6) is 0 Å². The lowest BCUT2D eigenvalue weighted by Crippen LogP contribution is -2.45. The van der Waals surface area contributed by atoms with Crippen LogP contribution in [0.1, 0.15) is 30.9 Å². The van der Waals surface area contributed by atoms with E-state index < -0.39 is 48.2 Å². The zero-order chi connectivity index (χ0) is 33.7. The highest BCUT2D eigenvalue weighted by molar-refractivity contribution is 5.90. The molecule has 3 atom stereocenters. The number of aryl methyl sites for hydroxylation is 1. The van der Waals surface area contributed by atoms with Crippen molar-refractivity contribution in [1.82, 2.24) is 9.78 Å². The first-order valence-electron chi connectivity index (χ1n) is 14.8. The van der Waals surface area contributed by atoms with Crippen LogP contribution in [0, 0.1) is 0 Å². The Hall–Kier alpha value is -5.08. The Balaban J connectivity index is 1.24. The number of amides is 1. The second-order valence-electron chi connectivity index (χ2n) is 11.3. The molecule has 4 aromatic rings. The van der Waals surface area contributed by atoms with Gasteiger partial charge in [0, 0.05) is 12.6 Å². The van der Waals surface area contributed by atoms with Gasteiger partial charge in [-0.2, -0.15) is 5.10 Å². The number of aliphatic hydroxyl groups is 3. The van der Waals surface area contributed by atoms with Crippen molar-refractivity contribution in [3.05, 3.63) is 96.2 Å². The molecule has 1 aromatic heterocycles.